The van der Waals surface area contributed by atoms with Crippen LogP contribution in [0.5, 0.6) is 0 Å². The highest BCUT2D eigenvalue weighted by molar-refractivity contribution is 5.79. The van der Waals surface area contributed by atoms with Crippen molar-refractivity contribution in [2.24, 2.45) is 5.73 Å². The van der Waals surface area contributed by atoms with Crippen molar-refractivity contribution in [2.75, 3.05) is 19.8 Å². The first-order valence-electron chi connectivity index (χ1n) is 4.94. The molecule has 0 saturated heterocycles. The molecule has 0 bridgehead atoms. The Hall–Kier alpha value is -1.71. The van der Waals surface area contributed by atoms with Gasteiger partial charge < -0.3 is 30.9 Å². The molecule has 6 N–H and O–H groups in total. The molecule has 18 heavy (non-hydrogen) atoms. The number of aliphatic carboxylic acids is 3. The molecule has 1 atom stereocenters. The Morgan fingerprint density at radius 1 is 1.11 bits per heavy atom. The predicted molar refractivity (Wildman–Crippen MR) is 58.0 cm³/mol. The first-order valence-corrected chi connectivity index (χ1v) is 4.94. The highest BCUT2D eigenvalue weighted by Gasteiger charge is 2.21. The van der Waals surface area contributed by atoms with E-state index in [1.54, 1.807) is 0 Å². The van der Waals surface area contributed by atoms with Crippen LogP contribution in [-0.2, 0) is 19.1 Å². The lowest BCUT2D eigenvalue weighted by molar-refractivity contribution is -0.158. The van der Waals surface area contributed by atoms with E-state index < -0.39 is 30.4 Å². The molecule has 9 heteroatoms. The summed E-state index contributed by atoms with van der Waals surface area (Å²) in [4.78, 5) is 30.6. The van der Waals surface area contributed by atoms with Gasteiger partial charge in [0.15, 0.2) is 6.10 Å². The summed E-state index contributed by atoms with van der Waals surface area (Å²) in [5, 5.41) is 32.7. The van der Waals surface area contributed by atoms with Crippen molar-refractivity contribution >= 4 is 17.9 Å². The largest absolute Gasteiger partial charge is 0.481 e. The first-order chi connectivity index (χ1) is 8.34. The van der Waals surface area contributed by atoms with Gasteiger partial charge in [-0.15, -0.1) is 0 Å². The van der Waals surface area contributed by atoms with E-state index in [4.69, 9.17) is 26.2 Å². The van der Waals surface area contributed by atoms with Crippen LogP contribution >= 0.6 is 0 Å². The third-order valence-electron chi connectivity index (χ3n) is 1.40. The van der Waals surface area contributed by atoms with E-state index in [-0.39, 0.29) is 19.6 Å². The molecule has 9 nitrogen and oxygen atoms in total. The second kappa shape index (κ2) is 11.8. The minimum absolute atomic E-state index is 0.0972. The Morgan fingerprint density at radius 3 is 1.89 bits per heavy atom. The fraction of sp³-hybridized carbons (Fsp3) is 0.667. The number of hydrogen-bond acceptors (Lipinski definition) is 6. The zero-order chi connectivity index (χ0) is 14.6. The van der Waals surface area contributed by atoms with Gasteiger partial charge in [0.1, 0.15) is 0 Å². The number of carbonyl (C=O) groups is 3. The Bertz CT molecular complexity index is 265. The Labute approximate surface area is 103 Å². The molecule has 0 aromatic heterocycles. The van der Waals surface area contributed by atoms with Crippen molar-refractivity contribution in [1.82, 2.24) is 0 Å². The minimum atomic E-state index is -1.49. The summed E-state index contributed by atoms with van der Waals surface area (Å²) >= 11 is 0. The maximum absolute atomic E-state index is 10.4. The van der Waals surface area contributed by atoms with E-state index in [9.17, 15) is 14.4 Å². The highest BCUT2D eigenvalue weighted by Crippen LogP contribution is 2.00. The molecule has 0 aromatic carbocycles. The molecule has 106 valence electrons. The maximum Gasteiger partial charge on any atom is 0.333 e. The lowest BCUT2D eigenvalue weighted by Crippen LogP contribution is -2.27. The molecule has 0 heterocycles. The van der Waals surface area contributed by atoms with E-state index in [0.717, 1.165) is 0 Å². The molecule has 0 saturated carbocycles. The lowest BCUT2D eigenvalue weighted by atomic mass is 10.2. The number of aliphatic hydroxyl groups excluding tert-OH is 1. The van der Waals surface area contributed by atoms with Crippen LogP contribution in [0.25, 0.3) is 0 Å². The lowest BCUT2D eigenvalue weighted by Gasteiger charge is -2.09. The fourth-order valence-electron chi connectivity index (χ4n) is 0.665. The van der Waals surface area contributed by atoms with Gasteiger partial charge in [-0.3, -0.25) is 9.59 Å². The van der Waals surface area contributed by atoms with Crippen LogP contribution in [0.4, 0.5) is 0 Å². The van der Waals surface area contributed by atoms with E-state index in [0.29, 0.717) is 6.54 Å². The molecule has 0 rings (SSSR count). The van der Waals surface area contributed by atoms with Crippen molar-refractivity contribution < 1.29 is 39.5 Å². The molecule has 0 amide bonds. The van der Waals surface area contributed by atoms with Gasteiger partial charge >= 0.3 is 17.9 Å². The van der Waals surface area contributed by atoms with E-state index >= 15 is 0 Å². The van der Waals surface area contributed by atoms with Crippen molar-refractivity contribution in [1.29, 1.82) is 0 Å². The highest BCUT2D eigenvalue weighted by atomic mass is 16.5. The third kappa shape index (κ3) is 14.3. The second-order valence-electron chi connectivity index (χ2n) is 2.95. The standard InChI is InChI=1S/C7H10O7.C2H7NO/c8-5(9)1-2-14-4(7(12)13)3-6(10)11;3-1-2-4/h4H,1-3H2,(H,8,9)(H,10,11)(H,12,13);4H,1-3H2. The molecule has 0 radical (unpaired) electrons. The van der Waals surface area contributed by atoms with Crippen LogP contribution < -0.4 is 5.73 Å². The summed E-state index contributed by atoms with van der Waals surface area (Å²) in [6.07, 6.45) is -2.54. The number of nitrogens with two attached hydrogens (primary N) is 1. The summed E-state index contributed by atoms with van der Waals surface area (Å²) in [7, 11) is 0. The predicted octanol–water partition coefficient (Wildman–Crippen LogP) is -1.66. The Kier molecular flexibility index (Phi) is 12.2. The van der Waals surface area contributed by atoms with Crippen LogP contribution in [0.15, 0.2) is 0 Å². The van der Waals surface area contributed by atoms with Gasteiger partial charge in [0.2, 0.25) is 0 Å². The summed E-state index contributed by atoms with van der Waals surface area (Å²) in [6.45, 7) is 0.152. The third-order valence-corrected chi connectivity index (χ3v) is 1.40. The summed E-state index contributed by atoms with van der Waals surface area (Å²) < 4.78 is 4.56. The van der Waals surface area contributed by atoms with Crippen molar-refractivity contribution in [3.63, 3.8) is 0 Å². The second-order valence-corrected chi connectivity index (χ2v) is 2.95. The molecule has 0 aromatic rings. The number of hydrogen-bond donors (Lipinski definition) is 5. The molecule has 0 aliphatic heterocycles. The Morgan fingerprint density at radius 2 is 1.61 bits per heavy atom. The van der Waals surface area contributed by atoms with Crippen LogP contribution in [0, 0.1) is 0 Å². The normalized spacial score (nSPS) is 11.0. The van der Waals surface area contributed by atoms with E-state index in [1.165, 1.54) is 0 Å². The number of aliphatic hydroxyl groups is 1. The summed E-state index contributed by atoms with van der Waals surface area (Å²) in [6, 6.07) is 0. The Balaban J connectivity index is 0. The number of carboxylic acid groups (broad SMARTS) is 3. The summed E-state index contributed by atoms with van der Waals surface area (Å²) in [5.41, 5.74) is 4.78. The van der Waals surface area contributed by atoms with Gasteiger partial charge in [-0.2, -0.15) is 0 Å². The zero-order valence-electron chi connectivity index (χ0n) is 9.61. The molecule has 0 aliphatic rings. The van der Waals surface area contributed by atoms with Gasteiger partial charge in [0.05, 0.1) is 26.1 Å². The SMILES string of the molecule is NCCO.O=C(O)CCOC(CC(=O)O)C(=O)O. The van der Waals surface area contributed by atoms with Crippen molar-refractivity contribution in [3.8, 4) is 0 Å². The van der Waals surface area contributed by atoms with Crippen LogP contribution in [0.2, 0.25) is 0 Å². The van der Waals surface area contributed by atoms with Gasteiger partial charge in [0, 0.05) is 6.54 Å². The fourth-order valence-corrected chi connectivity index (χ4v) is 0.665. The average Bonchev–Trinajstić information content (AvgIpc) is 2.27. The number of rotatable bonds is 8. The first kappa shape index (κ1) is 18.6. The quantitative estimate of drug-likeness (QED) is 0.345. The van der Waals surface area contributed by atoms with Crippen molar-refractivity contribution in [3.05, 3.63) is 0 Å². The molecular weight excluding hydrogens is 250 g/mol. The smallest absolute Gasteiger partial charge is 0.333 e. The zero-order valence-corrected chi connectivity index (χ0v) is 9.61. The number of ether oxygens (including phenoxy) is 1. The molecule has 0 spiro atoms. The maximum atomic E-state index is 10.4. The van der Waals surface area contributed by atoms with Gasteiger partial charge in [0.25, 0.3) is 0 Å². The van der Waals surface area contributed by atoms with Crippen molar-refractivity contribution in [2.45, 2.75) is 18.9 Å². The van der Waals surface area contributed by atoms with Crippen LogP contribution in [-0.4, -0.2) is 64.2 Å². The summed E-state index contributed by atoms with van der Waals surface area (Å²) in [5.74, 6) is -3.87. The minimum Gasteiger partial charge on any atom is -0.481 e. The molecule has 0 fully saturated rings. The molecule has 1 unspecified atom stereocenters. The van der Waals surface area contributed by atoms with Gasteiger partial charge in [-0.1, -0.05) is 0 Å². The van der Waals surface area contributed by atoms with Crippen LogP contribution in [0.3, 0.4) is 0 Å². The molecule has 0 aliphatic carbocycles. The van der Waals surface area contributed by atoms with Gasteiger partial charge in [-0.25, -0.2) is 4.79 Å². The molecular formula is C9H17NO8. The van der Waals surface area contributed by atoms with E-state index in [1.807, 2.05) is 0 Å². The monoisotopic (exact) mass is 267 g/mol. The van der Waals surface area contributed by atoms with Crippen LogP contribution in [0.1, 0.15) is 12.8 Å². The van der Waals surface area contributed by atoms with E-state index in [2.05, 4.69) is 4.74 Å². The average molecular weight is 267 g/mol. The van der Waals surface area contributed by atoms with Gasteiger partial charge in [-0.05, 0) is 0 Å². The number of carboxylic acids is 3. The topological polar surface area (TPSA) is 167 Å².